The molecule has 3 saturated carbocycles. The van der Waals surface area contributed by atoms with Crippen molar-refractivity contribution in [2.24, 2.45) is 16.7 Å². The maximum absolute atomic E-state index is 13.3. The summed E-state index contributed by atoms with van der Waals surface area (Å²) in [6.45, 7) is 4.14. The van der Waals surface area contributed by atoms with Gasteiger partial charge >= 0.3 is 0 Å². The van der Waals surface area contributed by atoms with Crippen LogP contribution in [0, 0.1) is 16.7 Å². The predicted molar refractivity (Wildman–Crippen MR) is 126 cm³/mol. The van der Waals surface area contributed by atoms with Gasteiger partial charge in [-0.25, -0.2) is 26.3 Å². The lowest BCUT2D eigenvalue weighted by molar-refractivity contribution is 0.0151. The van der Waals surface area contributed by atoms with Gasteiger partial charge in [-0.1, -0.05) is 26.7 Å². The number of rotatable bonds is 8. The molecule has 0 radical (unpaired) electrons. The molecule has 0 amide bonds. The summed E-state index contributed by atoms with van der Waals surface area (Å²) in [5.41, 5.74) is -0.903. The molecule has 5 atom stereocenters. The highest BCUT2D eigenvalue weighted by Crippen LogP contribution is 2.66. The third-order valence-electron chi connectivity index (χ3n) is 8.61. The summed E-state index contributed by atoms with van der Waals surface area (Å²) in [5, 5.41) is 10.8. The summed E-state index contributed by atoms with van der Waals surface area (Å²) in [7, 11) is -6.04. The van der Waals surface area contributed by atoms with Gasteiger partial charge in [-0.05, 0) is 67.7 Å². The van der Waals surface area contributed by atoms with Gasteiger partial charge in [-0.3, -0.25) is 0 Å². The zero-order valence-electron chi connectivity index (χ0n) is 19.6. The Morgan fingerprint density at radius 2 is 1.61 bits per heavy atom. The topological polar surface area (TPSA) is 122 Å². The largest absolute Gasteiger partial charge is 0.497 e. The molecule has 2 bridgehead atoms. The summed E-state index contributed by atoms with van der Waals surface area (Å²) >= 11 is 0. The quantitative estimate of drug-likeness (QED) is 0.504. The number of fused-ring (bicyclic) bond motifs is 2. The molecule has 0 aromatic heterocycles. The molecule has 186 valence electrons. The number of hydrogen-bond acceptors (Lipinski definition) is 6. The average Bonchev–Trinajstić information content (AvgIpc) is 3.09. The van der Waals surface area contributed by atoms with E-state index in [0.29, 0.717) is 37.4 Å². The molecule has 0 heterocycles. The molecule has 3 aliphatic rings. The van der Waals surface area contributed by atoms with Crippen LogP contribution in [0.3, 0.4) is 0 Å². The molecule has 3 aliphatic carbocycles. The third kappa shape index (κ3) is 4.57. The van der Waals surface area contributed by atoms with Gasteiger partial charge in [0.25, 0.3) is 0 Å². The highest BCUT2D eigenvalue weighted by atomic mass is 32.2. The molecule has 8 nitrogen and oxygen atoms in total. The fourth-order valence-electron chi connectivity index (χ4n) is 6.43. The van der Waals surface area contributed by atoms with Crippen molar-refractivity contribution in [1.29, 1.82) is 0 Å². The second-order valence-corrected chi connectivity index (χ2v) is 14.0. The van der Waals surface area contributed by atoms with Crippen LogP contribution in [0.5, 0.6) is 5.75 Å². The van der Waals surface area contributed by atoms with E-state index in [4.69, 9.17) is 4.74 Å². The number of aliphatic hydroxyl groups is 1. The zero-order chi connectivity index (χ0) is 24.1. The number of benzene rings is 1. The van der Waals surface area contributed by atoms with Crippen molar-refractivity contribution in [3.05, 3.63) is 24.3 Å². The Morgan fingerprint density at radius 1 is 1.00 bits per heavy atom. The van der Waals surface area contributed by atoms with Crippen LogP contribution in [-0.2, 0) is 20.0 Å². The first-order valence-corrected chi connectivity index (χ1v) is 14.9. The Morgan fingerprint density at radius 3 is 2.12 bits per heavy atom. The van der Waals surface area contributed by atoms with Crippen LogP contribution in [-0.4, -0.2) is 53.0 Å². The second kappa shape index (κ2) is 8.78. The fourth-order valence-corrected chi connectivity index (χ4v) is 9.95. The molecule has 0 aliphatic heterocycles. The van der Waals surface area contributed by atoms with E-state index in [1.807, 2.05) is 0 Å². The highest BCUT2D eigenvalue weighted by Gasteiger charge is 2.65. The first kappa shape index (κ1) is 24.9. The minimum atomic E-state index is -3.81. The van der Waals surface area contributed by atoms with E-state index in [0.717, 1.165) is 19.3 Å². The van der Waals surface area contributed by atoms with Crippen LogP contribution in [0.2, 0.25) is 0 Å². The van der Waals surface area contributed by atoms with Crippen molar-refractivity contribution in [1.82, 2.24) is 9.44 Å². The van der Waals surface area contributed by atoms with Gasteiger partial charge < -0.3 is 9.84 Å². The summed E-state index contributed by atoms with van der Waals surface area (Å²) in [4.78, 5) is 0.113. The van der Waals surface area contributed by atoms with Crippen molar-refractivity contribution in [2.75, 3.05) is 12.9 Å². The minimum absolute atomic E-state index is 0.113. The number of hydrogen-bond donors (Lipinski definition) is 3. The second-order valence-electron chi connectivity index (χ2n) is 10.5. The van der Waals surface area contributed by atoms with Crippen molar-refractivity contribution in [3.8, 4) is 5.75 Å². The van der Waals surface area contributed by atoms with Crippen molar-refractivity contribution >= 4 is 20.0 Å². The molecular weight excluding hydrogens is 464 g/mol. The van der Waals surface area contributed by atoms with Crippen LogP contribution in [0.1, 0.15) is 58.8 Å². The number of methoxy groups -OCH3 is 1. The maximum atomic E-state index is 13.3. The summed E-state index contributed by atoms with van der Waals surface area (Å²) in [6.07, 6.45) is 4.44. The van der Waals surface area contributed by atoms with E-state index >= 15 is 0 Å². The molecule has 1 aromatic carbocycles. The minimum Gasteiger partial charge on any atom is -0.497 e. The number of ether oxygens (including phenoxy) is 1. The lowest BCUT2D eigenvalue weighted by Gasteiger charge is -2.41. The van der Waals surface area contributed by atoms with Gasteiger partial charge in [0.2, 0.25) is 20.0 Å². The van der Waals surface area contributed by atoms with Gasteiger partial charge in [0.05, 0.1) is 23.9 Å². The van der Waals surface area contributed by atoms with Crippen molar-refractivity contribution in [2.45, 2.75) is 81.9 Å². The van der Waals surface area contributed by atoms with Crippen LogP contribution in [0.25, 0.3) is 0 Å². The monoisotopic (exact) mass is 500 g/mol. The van der Waals surface area contributed by atoms with Gasteiger partial charge in [-0.2, -0.15) is 0 Å². The van der Waals surface area contributed by atoms with E-state index in [9.17, 15) is 21.9 Å². The summed E-state index contributed by atoms with van der Waals surface area (Å²) in [6, 6.07) is 5.06. The molecule has 33 heavy (non-hydrogen) atoms. The average molecular weight is 501 g/mol. The van der Waals surface area contributed by atoms with E-state index < -0.39 is 43.6 Å². The molecule has 0 saturated heterocycles. The van der Waals surface area contributed by atoms with Crippen LogP contribution < -0.4 is 14.2 Å². The highest BCUT2D eigenvalue weighted by molar-refractivity contribution is 7.89. The van der Waals surface area contributed by atoms with E-state index in [-0.39, 0.29) is 16.1 Å². The Balaban J connectivity index is 1.49. The Labute approximate surface area is 197 Å². The number of nitrogens with one attached hydrogen (secondary N) is 2. The zero-order valence-corrected chi connectivity index (χ0v) is 21.2. The maximum Gasteiger partial charge on any atom is 0.240 e. The molecule has 1 aromatic rings. The van der Waals surface area contributed by atoms with E-state index in [2.05, 4.69) is 23.3 Å². The Bertz CT molecular complexity index is 1070. The van der Waals surface area contributed by atoms with Gasteiger partial charge in [0.1, 0.15) is 5.75 Å². The number of sulfonamides is 2. The molecule has 0 unspecified atom stereocenters. The van der Waals surface area contributed by atoms with E-state index in [1.54, 1.807) is 12.1 Å². The molecule has 0 spiro atoms. The lowest BCUT2D eigenvalue weighted by atomic mass is 9.70. The van der Waals surface area contributed by atoms with Gasteiger partial charge in [-0.15, -0.1) is 0 Å². The molecule has 4 rings (SSSR count). The molecular formula is C23H36N2O6S2. The third-order valence-corrected chi connectivity index (χ3v) is 11.7. The SMILES string of the molecule is COc1ccc(S(=O)(=O)N[C@@H]2CCCC[C@H]2NS(=O)(=O)C[C@]23CC[C@H](C[C@H]2O)C3(C)C)cc1. The fraction of sp³-hybridized carbons (Fsp3) is 0.739. The molecule has 3 fully saturated rings. The van der Waals surface area contributed by atoms with Gasteiger partial charge in [0, 0.05) is 17.5 Å². The smallest absolute Gasteiger partial charge is 0.240 e. The Hall–Kier alpha value is -1.20. The Kier molecular flexibility index (Phi) is 6.63. The van der Waals surface area contributed by atoms with Crippen LogP contribution >= 0.6 is 0 Å². The lowest BCUT2D eigenvalue weighted by Crippen LogP contribution is -2.55. The normalized spacial score (nSPS) is 33.8. The molecule has 10 heteroatoms. The van der Waals surface area contributed by atoms with Crippen molar-refractivity contribution < 1.29 is 26.7 Å². The standard InChI is InChI=1S/C23H36N2O6S2/c1-22(2)16-12-13-23(22,21(26)14-16)15-32(27,28)24-19-6-4-5-7-20(19)25-33(29,30)18-10-8-17(31-3)9-11-18/h8-11,16,19-21,24-26H,4-7,12-15H2,1-3H3/t16-,19-,20-,21-,23-/m1/s1. The van der Waals surface area contributed by atoms with Gasteiger partial charge in [0.15, 0.2) is 0 Å². The van der Waals surface area contributed by atoms with E-state index in [1.165, 1.54) is 19.2 Å². The van der Waals surface area contributed by atoms with Crippen molar-refractivity contribution in [3.63, 3.8) is 0 Å². The summed E-state index contributed by atoms with van der Waals surface area (Å²) < 4.78 is 63.2. The first-order valence-electron chi connectivity index (χ1n) is 11.7. The van der Waals surface area contributed by atoms with Crippen LogP contribution in [0.4, 0.5) is 0 Å². The predicted octanol–water partition coefficient (Wildman–Crippen LogP) is 2.39. The number of aliphatic hydroxyl groups excluding tert-OH is 1. The van der Waals surface area contributed by atoms with Crippen LogP contribution in [0.15, 0.2) is 29.2 Å². The first-order chi connectivity index (χ1) is 15.4. The summed E-state index contributed by atoms with van der Waals surface area (Å²) in [5.74, 6) is 0.767. The molecule has 3 N–H and O–H groups in total.